The number of nitrogens with zero attached hydrogens (tertiary/aromatic N) is 5. The van der Waals surface area contributed by atoms with E-state index in [1.54, 1.807) is 0 Å². The number of non-ortho nitro benzene ring substituents is 2. The Hall–Kier alpha value is -5.53. The van der Waals surface area contributed by atoms with Crippen molar-refractivity contribution in [3.05, 3.63) is 105 Å². The largest absolute Gasteiger partial charge is 0.440 e. The predicted octanol–water partition coefficient (Wildman–Crippen LogP) is 6.62. The topological polar surface area (TPSA) is 185 Å². The Bertz CT molecular complexity index is 1540. The van der Waals surface area contributed by atoms with Gasteiger partial charge in [-0.25, -0.2) is 9.59 Å². The first-order chi connectivity index (χ1) is 20.0. The lowest BCUT2D eigenvalue weighted by Gasteiger charge is -2.03. The van der Waals surface area contributed by atoms with Crippen molar-refractivity contribution in [1.29, 1.82) is 0 Å². The molecular weight excluding hydrogens is 626 g/mol. The molecular formula is C22H13ClF6N6O8. The van der Waals surface area contributed by atoms with Crippen LogP contribution in [0.2, 0.25) is 0 Å². The maximum atomic E-state index is 12.3. The molecule has 0 unspecified atom stereocenters. The lowest BCUT2D eigenvalue weighted by molar-refractivity contribution is -0.385. The number of alkyl halides is 6. The summed E-state index contributed by atoms with van der Waals surface area (Å²) in [6, 6.07) is 9.48. The summed E-state index contributed by atoms with van der Waals surface area (Å²) in [5.74, 6) is 0.111. The van der Waals surface area contributed by atoms with E-state index in [0.29, 0.717) is 17.1 Å². The van der Waals surface area contributed by atoms with Gasteiger partial charge in [-0.2, -0.15) is 41.2 Å². The van der Waals surface area contributed by atoms with Crippen LogP contribution in [0.25, 0.3) is 0 Å². The van der Waals surface area contributed by atoms with Crippen LogP contribution in [-0.4, -0.2) is 41.3 Å². The van der Waals surface area contributed by atoms with E-state index < -0.39 is 44.8 Å². The predicted molar refractivity (Wildman–Crippen MR) is 130 cm³/mol. The Morgan fingerprint density at radius 1 is 0.791 bits per heavy atom. The van der Waals surface area contributed by atoms with E-state index in [0.717, 1.165) is 36.7 Å². The number of aromatic amines is 1. The molecule has 0 bridgehead atoms. The normalized spacial score (nSPS) is 10.8. The summed E-state index contributed by atoms with van der Waals surface area (Å²) in [6.07, 6.45) is -7.55. The van der Waals surface area contributed by atoms with E-state index >= 15 is 0 Å². The van der Waals surface area contributed by atoms with Crippen LogP contribution >= 0.6 is 11.6 Å². The summed E-state index contributed by atoms with van der Waals surface area (Å²) in [7, 11) is 0. The van der Waals surface area contributed by atoms with Crippen molar-refractivity contribution in [2.45, 2.75) is 12.4 Å². The van der Waals surface area contributed by atoms with Crippen molar-refractivity contribution in [1.82, 2.24) is 20.0 Å². The number of rotatable bonds is 4. The number of halogens is 7. The first kappa shape index (κ1) is 33.7. The lowest BCUT2D eigenvalue weighted by Crippen LogP contribution is -2.17. The van der Waals surface area contributed by atoms with Crippen LogP contribution < -0.4 is 9.47 Å². The number of aromatic nitrogens is 4. The molecule has 0 fully saturated rings. The number of carbonyl (C=O) groups excluding carboxylic acids is 2. The Labute approximate surface area is 238 Å². The zero-order valence-electron chi connectivity index (χ0n) is 20.6. The van der Waals surface area contributed by atoms with Crippen molar-refractivity contribution in [3.63, 3.8) is 0 Å². The average Bonchev–Trinajstić information content (AvgIpc) is 3.63. The number of nitro benzene ring substituents is 2. The van der Waals surface area contributed by atoms with Gasteiger partial charge in [0.15, 0.2) is 0 Å². The molecule has 228 valence electrons. The number of hydrogen-bond donors (Lipinski definition) is 1. The molecule has 0 amide bonds. The average molecular weight is 639 g/mol. The number of carbonyl (C=O) groups is 2. The highest BCUT2D eigenvalue weighted by molar-refractivity contribution is 6.61. The van der Waals surface area contributed by atoms with E-state index in [2.05, 4.69) is 20.0 Å². The van der Waals surface area contributed by atoms with E-state index in [1.807, 2.05) is 0 Å². The zero-order chi connectivity index (χ0) is 32.4. The minimum atomic E-state index is -4.62. The molecule has 2 heterocycles. The highest BCUT2D eigenvalue weighted by Gasteiger charge is 2.33. The lowest BCUT2D eigenvalue weighted by atomic mass is 10.3. The van der Waals surface area contributed by atoms with Gasteiger partial charge < -0.3 is 9.47 Å². The monoisotopic (exact) mass is 638 g/mol. The summed E-state index contributed by atoms with van der Waals surface area (Å²) >= 11 is 4.92. The van der Waals surface area contributed by atoms with Crippen molar-refractivity contribution < 1.29 is 55.3 Å². The molecule has 2 aromatic heterocycles. The van der Waals surface area contributed by atoms with Crippen molar-refractivity contribution in [2.24, 2.45) is 0 Å². The fraction of sp³-hybridized carbons (Fsp3) is 0.0909. The van der Waals surface area contributed by atoms with Gasteiger partial charge in [-0.1, -0.05) is 0 Å². The van der Waals surface area contributed by atoms with E-state index in [9.17, 15) is 56.2 Å². The third-order valence-corrected chi connectivity index (χ3v) is 4.50. The van der Waals surface area contributed by atoms with Gasteiger partial charge in [0.05, 0.1) is 33.4 Å². The first-order valence-corrected chi connectivity index (χ1v) is 11.1. The van der Waals surface area contributed by atoms with Gasteiger partial charge in [-0.3, -0.25) is 25.3 Å². The molecule has 21 heteroatoms. The smallest absolute Gasteiger partial charge is 0.414 e. The fourth-order valence-electron chi connectivity index (χ4n) is 2.49. The molecule has 0 aliphatic carbocycles. The van der Waals surface area contributed by atoms with Gasteiger partial charge in [0, 0.05) is 48.3 Å². The zero-order valence-corrected chi connectivity index (χ0v) is 21.3. The van der Waals surface area contributed by atoms with Crippen molar-refractivity contribution >= 4 is 34.5 Å². The van der Waals surface area contributed by atoms with Crippen LogP contribution in [0.3, 0.4) is 0 Å². The van der Waals surface area contributed by atoms with Crippen LogP contribution in [0.1, 0.15) is 11.1 Å². The minimum absolute atomic E-state index is 0.0605. The molecule has 43 heavy (non-hydrogen) atoms. The Morgan fingerprint density at radius 2 is 1.26 bits per heavy atom. The third-order valence-electron chi connectivity index (χ3n) is 4.42. The maximum absolute atomic E-state index is 12.3. The molecule has 1 N–H and O–H groups in total. The molecule has 0 aliphatic rings. The SMILES string of the molecule is FC(F)(F)c1cn[nH]c1.O=C(Cl)Oc1ccc([N+](=O)[O-])cc1.O=C(Oc1ccc([N+](=O)[O-])cc1)n1cc(C(F)(F)F)cn1. The molecule has 0 saturated carbocycles. The molecule has 0 atom stereocenters. The summed E-state index contributed by atoms with van der Waals surface area (Å²) in [4.78, 5) is 41.2. The third kappa shape index (κ3) is 11.1. The summed E-state index contributed by atoms with van der Waals surface area (Å²) in [6.45, 7) is 0. The summed E-state index contributed by atoms with van der Waals surface area (Å²) in [5, 5.41) is 29.1. The van der Waals surface area contributed by atoms with Crippen LogP contribution in [0, 0.1) is 20.2 Å². The summed E-state index contributed by atoms with van der Waals surface area (Å²) < 4.78 is 81.3. The second kappa shape index (κ2) is 14.4. The number of benzene rings is 2. The Balaban J connectivity index is 0.000000249. The standard InChI is InChI=1S/C11H6F3N3O4.C7H4ClNO4.C4H3F3N2/c12-11(13,14)7-5-15-16(6-7)10(18)21-9-3-1-8(2-4-9)17(19)20;8-7(10)13-6-3-1-5(2-4-6)9(11)12;5-4(6,7)3-1-8-9-2-3/h1-6H;1-4H;1-2H,(H,8,9). The number of hydrogen-bond acceptors (Lipinski definition) is 10. The van der Waals surface area contributed by atoms with E-state index in [-0.39, 0.29) is 22.9 Å². The Kier molecular flexibility index (Phi) is 11.3. The highest BCUT2D eigenvalue weighted by Crippen LogP contribution is 2.29. The van der Waals surface area contributed by atoms with Gasteiger partial charge in [0.25, 0.3) is 11.4 Å². The number of ether oxygens (including phenoxy) is 2. The van der Waals surface area contributed by atoms with Gasteiger partial charge >= 0.3 is 23.9 Å². The van der Waals surface area contributed by atoms with Crippen molar-refractivity contribution in [3.8, 4) is 11.5 Å². The second-order valence-electron chi connectivity index (χ2n) is 7.37. The van der Waals surface area contributed by atoms with Crippen LogP contribution in [-0.2, 0) is 12.4 Å². The van der Waals surface area contributed by atoms with E-state index in [4.69, 9.17) is 16.3 Å². The molecule has 14 nitrogen and oxygen atoms in total. The molecule has 0 saturated heterocycles. The number of nitrogens with one attached hydrogen (secondary N) is 1. The highest BCUT2D eigenvalue weighted by atomic mass is 35.5. The van der Waals surface area contributed by atoms with Gasteiger partial charge in [0.2, 0.25) is 0 Å². The quantitative estimate of drug-likeness (QED) is 0.110. The molecule has 0 spiro atoms. The van der Waals surface area contributed by atoms with Crippen LogP contribution in [0.4, 0.5) is 47.3 Å². The van der Waals surface area contributed by atoms with Gasteiger partial charge in [0.1, 0.15) is 11.5 Å². The molecule has 4 rings (SSSR count). The molecule has 0 radical (unpaired) electrons. The summed E-state index contributed by atoms with van der Waals surface area (Å²) in [5.41, 5.74) is -3.11. The Morgan fingerprint density at radius 3 is 1.58 bits per heavy atom. The minimum Gasteiger partial charge on any atom is -0.414 e. The van der Waals surface area contributed by atoms with Crippen LogP contribution in [0.5, 0.6) is 11.5 Å². The van der Waals surface area contributed by atoms with Crippen LogP contribution in [0.15, 0.2) is 73.3 Å². The second-order valence-corrected chi connectivity index (χ2v) is 7.67. The maximum Gasteiger partial charge on any atom is 0.440 e. The van der Waals surface area contributed by atoms with E-state index in [1.165, 1.54) is 24.3 Å². The van der Waals surface area contributed by atoms with Crippen molar-refractivity contribution in [2.75, 3.05) is 0 Å². The first-order valence-electron chi connectivity index (χ1n) is 10.7. The number of H-pyrrole nitrogens is 1. The molecule has 2 aromatic carbocycles. The van der Waals surface area contributed by atoms with Gasteiger partial charge in [-0.15, -0.1) is 0 Å². The fourth-order valence-corrected chi connectivity index (χ4v) is 2.58. The number of nitro groups is 2. The molecule has 4 aromatic rings. The van der Waals surface area contributed by atoms with Gasteiger partial charge in [-0.05, 0) is 24.3 Å². The molecule has 0 aliphatic heterocycles.